The van der Waals surface area contributed by atoms with Crippen LogP contribution in [0, 0.1) is 5.92 Å². The van der Waals surface area contributed by atoms with E-state index in [1.54, 1.807) is 0 Å². The summed E-state index contributed by atoms with van der Waals surface area (Å²) in [5.74, 6) is 0.351. The molecular formula is C12H25N3O3S. The lowest BCUT2D eigenvalue weighted by Gasteiger charge is -2.31. The van der Waals surface area contributed by atoms with Crippen molar-refractivity contribution in [2.75, 3.05) is 45.9 Å². The van der Waals surface area contributed by atoms with Crippen LogP contribution in [0.5, 0.6) is 0 Å². The predicted molar refractivity (Wildman–Crippen MR) is 74.0 cm³/mol. The van der Waals surface area contributed by atoms with E-state index in [-0.39, 0.29) is 6.61 Å². The fraction of sp³-hybridized carbons (Fsp3) is 1.00. The van der Waals surface area contributed by atoms with Crippen molar-refractivity contribution in [2.45, 2.75) is 25.7 Å². The second kappa shape index (κ2) is 6.99. The summed E-state index contributed by atoms with van der Waals surface area (Å²) in [6, 6.07) is 0. The summed E-state index contributed by atoms with van der Waals surface area (Å²) in [7, 11) is -3.27. The van der Waals surface area contributed by atoms with Crippen molar-refractivity contribution in [3.05, 3.63) is 0 Å². The van der Waals surface area contributed by atoms with Crippen LogP contribution in [-0.2, 0) is 10.2 Å². The topological polar surface area (TPSA) is 72.9 Å². The zero-order valence-electron chi connectivity index (χ0n) is 11.4. The molecule has 1 unspecified atom stereocenters. The highest BCUT2D eigenvalue weighted by molar-refractivity contribution is 7.87. The molecule has 19 heavy (non-hydrogen) atoms. The summed E-state index contributed by atoms with van der Waals surface area (Å²) in [6.45, 7) is 4.58. The Hall–Kier alpha value is -0.210. The Balaban J connectivity index is 1.70. The number of rotatable bonds is 6. The number of aliphatic hydroxyl groups excluding tert-OH is 1. The molecule has 2 aliphatic rings. The molecule has 7 heteroatoms. The van der Waals surface area contributed by atoms with Crippen molar-refractivity contribution in [1.82, 2.24) is 13.9 Å². The molecule has 2 saturated heterocycles. The molecule has 2 rings (SSSR count). The van der Waals surface area contributed by atoms with E-state index >= 15 is 0 Å². The zero-order chi connectivity index (χ0) is 13.7. The molecule has 1 atom stereocenters. The lowest BCUT2D eigenvalue weighted by atomic mass is 9.99. The Kier molecular flexibility index (Phi) is 5.58. The molecule has 112 valence electrons. The fourth-order valence-corrected chi connectivity index (χ4v) is 4.13. The third-order valence-electron chi connectivity index (χ3n) is 3.98. The van der Waals surface area contributed by atoms with Crippen LogP contribution in [0.15, 0.2) is 0 Å². The van der Waals surface area contributed by atoms with Crippen LogP contribution in [0.4, 0.5) is 0 Å². The van der Waals surface area contributed by atoms with Gasteiger partial charge < -0.3 is 10.0 Å². The monoisotopic (exact) mass is 291 g/mol. The van der Waals surface area contributed by atoms with Crippen molar-refractivity contribution in [3.8, 4) is 0 Å². The van der Waals surface area contributed by atoms with E-state index in [1.807, 2.05) is 0 Å². The van der Waals surface area contributed by atoms with Crippen LogP contribution in [-0.4, -0.2) is 68.6 Å². The van der Waals surface area contributed by atoms with Gasteiger partial charge in [0.2, 0.25) is 0 Å². The molecule has 2 N–H and O–H groups in total. The number of nitrogens with zero attached hydrogens (tertiary/aromatic N) is 2. The van der Waals surface area contributed by atoms with E-state index in [4.69, 9.17) is 5.11 Å². The predicted octanol–water partition coefficient (Wildman–Crippen LogP) is -0.379. The number of likely N-dealkylation sites (tertiary alicyclic amines) is 1. The maximum atomic E-state index is 12.0. The summed E-state index contributed by atoms with van der Waals surface area (Å²) in [5, 5.41) is 9.16. The highest BCUT2D eigenvalue weighted by Crippen LogP contribution is 2.15. The molecule has 2 heterocycles. The van der Waals surface area contributed by atoms with Gasteiger partial charge in [0.05, 0.1) is 0 Å². The van der Waals surface area contributed by atoms with Gasteiger partial charge in [-0.2, -0.15) is 12.7 Å². The number of hydrogen-bond donors (Lipinski definition) is 2. The first-order chi connectivity index (χ1) is 9.12. The van der Waals surface area contributed by atoms with Crippen molar-refractivity contribution < 1.29 is 13.5 Å². The van der Waals surface area contributed by atoms with E-state index in [0.29, 0.717) is 25.6 Å². The number of piperidine rings is 1. The van der Waals surface area contributed by atoms with Crippen LogP contribution in [0.3, 0.4) is 0 Å². The zero-order valence-corrected chi connectivity index (χ0v) is 12.2. The summed E-state index contributed by atoms with van der Waals surface area (Å²) < 4.78 is 28.1. The second-order valence-electron chi connectivity index (χ2n) is 5.50. The average Bonchev–Trinajstić information content (AvgIpc) is 2.93. The second-order valence-corrected chi connectivity index (χ2v) is 7.25. The molecule has 2 fully saturated rings. The Labute approximate surface area is 116 Å². The van der Waals surface area contributed by atoms with Gasteiger partial charge in [-0.3, -0.25) is 0 Å². The van der Waals surface area contributed by atoms with Crippen LogP contribution < -0.4 is 4.72 Å². The van der Waals surface area contributed by atoms with Gasteiger partial charge in [0.15, 0.2) is 0 Å². The maximum Gasteiger partial charge on any atom is 0.279 e. The van der Waals surface area contributed by atoms with E-state index in [2.05, 4.69) is 9.62 Å². The normalized spacial score (nSPS) is 26.9. The minimum absolute atomic E-state index is 0.232. The molecule has 6 nitrogen and oxygen atoms in total. The Bertz CT molecular complexity index is 368. The van der Waals surface area contributed by atoms with Gasteiger partial charge in [0, 0.05) is 39.3 Å². The quantitative estimate of drug-likeness (QED) is 0.700. The minimum atomic E-state index is -3.27. The van der Waals surface area contributed by atoms with Gasteiger partial charge in [0.1, 0.15) is 0 Å². The molecule has 0 bridgehead atoms. The molecule has 0 radical (unpaired) electrons. The molecule has 0 amide bonds. The number of aliphatic hydroxyl groups is 1. The molecular weight excluding hydrogens is 266 g/mol. The smallest absolute Gasteiger partial charge is 0.279 e. The van der Waals surface area contributed by atoms with Gasteiger partial charge in [-0.15, -0.1) is 0 Å². The highest BCUT2D eigenvalue weighted by atomic mass is 32.2. The van der Waals surface area contributed by atoms with Crippen LogP contribution >= 0.6 is 0 Å². The van der Waals surface area contributed by atoms with Crippen LogP contribution in [0.2, 0.25) is 0 Å². The maximum absolute atomic E-state index is 12.0. The molecule has 0 aromatic heterocycles. The van der Waals surface area contributed by atoms with Crippen molar-refractivity contribution in [2.24, 2.45) is 5.92 Å². The first kappa shape index (κ1) is 15.2. The lowest BCUT2D eigenvalue weighted by molar-refractivity contribution is 0.122. The van der Waals surface area contributed by atoms with Crippen molar-refractivity contribution >= 4 is 10.2 Å². The Morgan fingerprint density at radius 1 is 1.16 bits per heavy atom. The lowest BCUT2D eigenvalue weighted by Crippen LogP contribution is -2.44. The molecule has 2 aliphatic heterocycles. The first-order valence-corrected chi connectivity index (χ1v) is 8.64. The summed E-state index contributed by atoms with van der Waals surface area (Å²) in [6.07, 6.45) is 4.09. The van der Waals surface area contributed by atoms with E-state index in [1.165, 1.54) is 4.31 Å². The Morgan fingerprint density at radius 3 is 2.58 bits per heavy atom. The average molecular weight is 291 g/mol. The highest BCUT2D eigenvalue weighted by Gasteiger charge is 2.25. The van der Waals surface area contributed by atoms with Crippen molar-refractivity contribution in [3.63, 3.8) is 0 Å². The van der Waals surface area contributed by atoms with E-state index in [9.17, 15) is 8.42 Å². The van der Waals surface area contributed by atoms with Gasteiger partial charge in [0.25, 0.3) is 10.2 Å². The third kappa shape index (κ3) is 4.39. The molecule has 0 spiro atoms. The standard InChI is InChI=1S/C12H25N3O3S/c16-11-12-4-3-6-14(10-12)9-5-13-19(17,18)15-7-1-2-8-15/h12-13,16H,1-11H2. The SMILES string of the molecule is O=S(=O)(NCCN1CCCC(CO)C1)N1CCCC1. The summed E-state index contributed by atoms with van der Waals surface area (Å²) in [4.78, 5) is 2.23. The number of nitrogens with one attached hydrogen (secondary N) is 1. The third-order valence-corrected chi connectivity index (χ3v) is 5.59. The largest absolute Gasteiger partial charge is 0.396 e. The fourth-order valence-electron chi connectivity index (χ4n) is 2.86. The first-order valence-electron chi connectivity index (χ1n) is 7.20. The van der Waals surface area contributed by atoms with Crippen molar-refractivity contribution in [1.29, 1.82) is 0 Å². The van der Waals surface area contributed by atoms with Gasteiger partial charge in [-0.05, 0) is 38.1 Å². The van der Waals surface area contributed by atoms with E-state index in [0.717, 1.165) is 45.3 Å². The number of hydrogen-bond acceptors (Lipinski definition) is 4. The van der Waals surface area contributed by atoms with Gasteiger partial charge in [-0.1, -0.05) is 0 Å². The van der Waals surface area contributed by atoms with E-state index < -0.39 is 10.2 Å². The minimum Gasteiger partial charge on any atom is -0.396 e. The molecule has 0 aromatic carbocycles. The van der Waals surface area contributed by atoms with Crippen LogP contribution in [0.1, 0.15) is 25.7 Å². The summed E-state index contributed by atoms with van der Waals surface area (Å²) >= 11 is 0. The molecule has 0 saturated carbocycles. The summed E-state index contributed by atoms with van der Waals surface area (Å²) in [5.41, 5.74) is 0. The molecule has 0 aromatic rings. The van der Waals surface area contributed by atoms with Gasteiger partial charge in [-0.25, -0.2) is 4.72 Å². The Morgan fingerprint density at radius 2 is 1.89 bits per heavy atom. The van der Waals surface area contributed by atoms with Gasteiger partial charge >= 0.3 is 0 Å². The van der Waals surface area contributed by atoms with Crippen LogP contribution in [0.25, 0.3) is 0 Å². The molecule has 0 aliphatic carbocycles.